The zero-order valence-corrected chi connectivity index (χ0v) is 13.4. The number of methoxy groups -OCH3 is 1. The van der Waals surface area contributed by atoms with Crippen LogP contribution in [-0.4, -0.2) is 44.6 Å². The summed E-state index contributed by atoms with van der Waals surface area (Å²) in [4.78, 5) is 2.08. The fraction of sp³-hybridized carbons (Fsp3) is 0.625. The number of nitrogens with zero attached hydrogens (tertiary/aromatic N) is 1. The van der Waals surface area contributed by atoms with Gasteiger partial charge in [0, 0.05) is 39.5 Å². The Morgan fingerprint density at radius 3 is 2.60 bits per heavy atom. The van der Waals surface area contributed by atoms with Gasteiger partial charge in [-0.3, -0.25) is 0 Å². The molecule has 0 heterocycles. The summed E-state index contributed by atoms with van der Waals surface area (Å²) in [5.41, 5.74) is 2.99. The van der Waals surface area contributed by atoms with Crippen molar-refractivity contribution in [1.82, 2.24) is 5.32 Å². The summed E-state index contributed by atoms with van der Waals surface area (Å²) < 4.78 is 5.01. The van der Waals surface area contributed by atoms with Gasteiger partial charge >= 0.3 is 0 Å². The van der Waals surface area contributed by atoms with Crippen LogP contribution in [0.1, 0.15) is 25.0 Å². The van der Waals surface area contributed by atoms with E-state index in [-0.39, 0.29) is 0 Å². The normalized spacial score (nSPS) is 11.7. The lowest BCUT2D eigenvalue weighted by molar-refractivity contribution is 0.0886. The average molecular weight is 280 g/mol. The van der Waals surface area contributed by atoms with Gasteiger partial charge in [0.2, 0.25) is 0 Å². The Kier molecular flexibility index (Phi) is 6.46. The van der Waals surface area contributed by atoms with Gasteiger partial charge in [-0.2, -0.15) is 0 Å². The fourth-order valence-corrected chi connectivity index (χ4v) is 2.18. The third kappa shape index (κ3) is 5.90. The van der Waals surface area contributed by atoms with Gasteiger partial charge in [-0.1, -0.05) is 6.07 Å². The molecule has 2 N–H and O–H groups in total. The van der Waals surface area contributed by atoms with Crippen molar-refractivity contribution >= 4 is 5.69 Å². The predicted octanol–water partition coefficient (Wildman–Crippen LogP) is 1.94. The first-order chi connectivity index (χ1) is 9.33. The highest BCUT2D eigenvalue weighted by Gasteiger charge is 2.16. The molecule has 1 rings (SSSR count). The minimum atomic E-state index is -0.691. The third-order valence-corrected chi connectivity index (χ3v) is 3.19. The van der Waals surface area contributed by atoms with E-state index in [1.54, 1.807) is 7.11 Å². The van der Waals surface area contributed by atoms with E-state index < -0.39 is 5.60 Å². The maximum atomic E-state index is 9.88. The van der Waals surface area contributed by atoms with E-state index in [2.05, 4.69) is 35.3 Å². The van der Waals surface area contributed by atoms with Crippen molar-refractivity contribution in [2.75, 3.05) is 38.8 Å². The summed E-state index contributed by atoms with van der Waals surface area (Å²) in [5, 5.41) is 13.2. The Bertz CT molecular complexity index is 413. The molecule has 0 aliphatic rings. The fourth-order valence-electron chi connectivity index (χ4n) is 2.18. The van der Waals surface area contributed by atoms with E-state index in [9.17, 15) is 5.11 Å². The zero-order chi connectivity index (χ0) is 15.2. The molecule has 0 amide bonds. The minimum absolute atomic E-state index is 0.609. The predicted molar refractivity (Wildman–Crippen MR) is 84.3 cm³/mol. The second-order valence-electron chi connectivity index (χ2n) is 5.95. The molecule has 0 bridgehead atoms. The molecule has 0 aliphatic carbocycles. The number of hydrogen-bond donors (Lipinski definition) is 2. The number of rotatable bonds is 8. The standard InChI is InChI=1S/C16H28N2O2/c1-13-10-15(18(4)12-16(2,3)19)7-6-14(13)11-17-8-9-20-5/h6-7,10,17,19H,8-9,11-12H2,1-5H3. The quantitative estimate of drug-likeness (QED) is 0.714. The molecule has 0 saturated carbocycles. The Balaban J connectivity index is 2.63. The summed E-state index contributed by atoms with van der Waals surface area (Å²) in [6.45, 7) is 8.81. The maximum absolute atomic E-state index is 9.88. The summed E-state index contributed by atoms with van der Waals surface area (Å²) in [6.07, 6.45) is 0. The summed E-state index contributed by atoms with van der Waals surface area (Å²) >= 11 is 0. The van der Waals surface area contributed by atoms with Crippen molar-refractivity contribution in [3.63, 3.8) is 0 Å². The number of anilines is 1. The SMILES string of the molecule is COCCNCc1ccc(N(C)CC(C)(C)O)cc1C. The molecule has 4 heteroatoms. The lowest BCUT2D eigenvalue weighted by atomic mass is 10.1. The first-order valence-corrected chi connectivity index (χ1v) is 7.06. The molecule has 0 radical (unpaired) electrons. The summed E-state index contributed by atoms with van der Waals surface area (Å²) in [7, 11) is 3.71. The van der Waals surface area contributed by atoms with Crippen LogP contribution in [0, 0.1) is 6.92 Å². The second-order valence-corrected chi connectivity index (χ2v) is 5.95. The average Bonchev–Trinajstić information content (AvgIpc) is 2.34. The molecule has 1 aromatic rings. The highest BCUT2D eigenvalue weighted by atomic mass is 16.5. The van der Waals surface area contributed by atoms with Crippen molar-refractivity contribution in [3.05, 3.63) is 29.3 Å². The first kappa shape index (κ1) is 17.0. The molecule has 0 saturated heterocycles. The van der Waals surface area contributed by atoms with Gasteiger partial charge in [-0.15, -0.1) is 0 Å². The second kappa shape index (κ2) is 7.62. The van der Waals surface area contributed by atoms with Gasteiger partial charge in [0.05, 0.1) is 12.2 Å². The largest absolute Gasteiger partial charge is 0.389 e. The van der Waals surface area contributed by atoms with Gasteiger partial charge in [0.25, 0.3) is 0 Å². The van der Waals surface area contributed by atoms with Crippen LogP contribution in [-0.2, 0) is 11.3 Å². The van der Waals surface area contributed by atoms with Crippen LogP contribution in [0.2, 0.25) is 0 Å². The van der Waals surface area contributed by atoms with Gasteiger partial charge in [0.15, 0.2) is 0 Å². The van der Waals surface area contributed by atoms with Gasteiger partial charge in [-0.05, 0) is 44.0 Å². The van der Waals surface area contributed by atoms with E-state index in [1.807, 2.05) is 20.9 Å². The smallest absolute Gasteiger partial charge is 0.0765 e. The molecule has 1 aromatic carbocycles. The Morgan fingerprint density at radius 2 is 2.05 bits per heavy atom. The molecule has 20 heavy (non-hydrogen) atoms. The molecule has 114 valence electrons. The van der Waals surface area contributed by atoms with E-state index in [4.69, 9.17) is 4.74 Å². The van der Waals surface area contributed by atoms with Crippen LogP contribution in [0.15, 0.2) is 18.2 Å². The Morgan fingerprint density at radius 1 is 1.35 bits per heavy atom. The van der Waals surface area contributed by atoms with Crippen molar-refractivity contribution in [2.24, 2.45) is 0 Å². The molecular weight excluding hydrogens is 252 g/mol. The highest BCUT2D eigenvalue weighted by Crippen LogP contribution is 2.20. The number of aryl methyl sites for hydroxylation is 1. The third-order valence-electron chi connectivity index (χ3n) is 3.19. The Hall–Kier alpha value is -1.10. The molecule has 0 fully saturated rings. The topological polar surface area (TPSA) is 44.7 Å². The first-order valence-electron chi connectivity index (χ1n) is 7.06. The van der Waals surface area contributed by atoms with Crippen LogP contribution in [0.3, 0.4) is 0 Å². The maximum Gasteiger partial charge on any atom is 0.0765 e. The molecular formula is C16H28N2O2. The van der Waals surface area contributed by atoms with E-state index in [0.717, 1.165) is 25.4 Å². The molecule has 0 aliphatic heterocycles. The van der Waals surface area contributed by atoms with Gasteiger partial charge in [0.1, 0.15) is 0 Å². The number of hydrogen-bond acceptors (Lipinski definition) is 4. The zero-order valence-electron chi connectivity index (χ0n) is 13.4. The lowest BCUT2D eigenvalue weighted by Crippen LogP contribution is -2.36. The van der Waals surface area contributed by atoms with Gasteiger partial charge in [-0.25, -0.2) is 0 Å². The number of benzene rings is 1. The van der Waals surface area contributed by atoms with Crippen LogP contribution >= 0.6 is 0 Å². The monoisotopic (exact) mass is 280 g/mol. The van der Waals surface area contributed by atoms with E-state index >= 15 is 0 Å². The number of ether oxygens (including phenoxy) is 1. The van der Waals surface area contributed by atoms with Crippen LogP contribution < -0.4 is 10.2 Å². The van der Waals surface area contributed by atoms with E-state index in [1.165, 1.54) is 11.1 Å². The van der Waals surface area contributed by atoms with E-state index in [0.29, 0.717) is 6.54 Å². The summed E-state index contributed by atoms with van der Waals surface area (Å²) in [5.74, 6) is 0. The van der Waals surface area contributed by atoms with Crippen molar-refractivity contribution in [1.29, 1.82) is 0 Å². The minimum Gasteiger partial charge on any atom is -0.389 e. The lowest BCUT2D eigenvalue weighted by Gasteiger charge is -2.27. The van der Waals surface area contributed by atoms with Crippen molar-refractivity contribution < 1.29 is 9.84 Å². The van der Waals surface area contributed by atoms with Crippen LogP contribution in [0.4, 0.5) is 5.69 Å². The Labute approximate surface area is 122 Å². The number of nitrogens with one attached hydrogen (secondary N) is 1. The number of likely N-dealkylation sites (N-methyl/N-ethyl adjacent to an activating group) is 1. The van der Waals surface area contributed by atoms with Crippen molar-refractivity contribution in [3.8, 4) is 0 Å². The van der Waals surface area contributed by atoms with Gasteiger partial charge < -0.3 is 20.1 Å². The number of aliphatic hydroxyl groups is 1. The molecule has 0 unspecified atom stereocenters. The summed E-state index contributed by atoms with van der Waals surface area (Å²) in [6, 6.07) is 6.41. The highest BCUT2D eigenvalue weighted by molar-refractivity contribution is 5.50. The molecule has 0 aromatic heterocycles. The molecule has 0 atom stereocenters. The molecule has 4 nitrogen and oxygen atoms in total. The van der Waals surface area contributed by atoms with Crippen LogP contribution in [0.5, 0.6) is 0 Å². The van der Waals surface area contributed by atoms with Crippen LogP contribution in [0.25, 0.3) is 0 Å². The van der Waals surface area contributed by atoms with Crippen molar-refractivity contribution in [2.45, 2.75) is 32.9 Å². The molecule has 0 spiro atoms.